The van der Waals surface area contributed by atoms with Gasteiger partial charge in [-0.3, -0.25) is 4.72 Å². The molecule has 2 aromatic rings. The van der Waals surface area contributed by atoms with E-state index in [0.717, 1.165) is 11.6 Å². The van der Waals surface area contributed by atoms with Crippen molar-refractivity contribution in [1.82, 2.24) is 0 Å². The molecule has 0 amide bonds. The van der Waals surface area contributed by atoms with Gasteiger partial charge in [-0.1, -0.05) is 31.2 Å². The van der Waals surface area contributed by atoms with Crippen LogP contribution in [-0.4, -0.2) is 19.5 Å². The van der Waals surface area contributed by atoms with Crippen molar-refractivity contribution in [2.75, 3.05) is 4.72 Å². The van der Waals surface area contributed by atoms with Crippen molar-refractivity contribution in [3.05, 3.63) is 59.7 Å². The fraction of sp³-hybridized carbons (Fsp3) is 0.133. The standard InChI is InChI=1S/C15H15NO4S/c1-2-11-6-3-4-9-14(11)16-21(19,20)13-8-5-7-12(10-13)15(17)18/h3-10,16H,2H2,1H3,(H,17,18). The van der Waals surface area contributed by atoms with Crippen LogP contribution in [0.3, 0.4) is 0 Å². The van der Waals surface area contributed by atoms with Crippen molar-refractivity contribution < 1.29 is 18.3 Å². The Kier molecular flexibility index (Phi) is 4.28. The number of anilines is 1. The minimum atomic E-state index is -3.82. The monoisotopic (exact) mass is 305 g/mol. The number of carboxylic acids is 1. The van der Waals surface area contributed by atoms with Crippen LogP contribution in [-0.2, 0) is 16.4 Å². The number of benzene rings is 2. The third-order valence-corrected chi connectivity index (χ3v) is 4.40. The maximum Gasteiger partial charge on any atom is 0.335 e. The zero-order valence-corrected chi connectivity index (χ0v) is 12.2. The normalized spacial score (nSPS) is 11.1. The Bertz CT molecular complexity index is 769. The molecule has 0 heterocycles. The molecule has 0 bridgehead atoms. The van der Waals surface area contributed by atoms with Crippen LogP contribution in [0.5, 0.6) is 0 Å². The lowest BCUT2D eigenvalue weighted by molar-refractivity contribution is 0.0696. The molecule has 2 aromatic carbocycles. The van der Waals surface area contributed by atoms with Crippen molar-refractivity contribution in [3.63, 3.8) is 0 Å². The van der Waals surface area contributed by atoms with E-state index in [1.54, 1.807) is 12.1 Å². The topological polar surface area (TPSA) is 83.5 Å². The first kappa shape index (κ1) is 15.1. The Morgan fingerprint density at radius 2 is 1.86 bits per heavy atom. The Morgan fingerprint density at radius 3 is 2.52 bits per heavy atom. The van der Waals surface area contributed by atoms with Gasteiger partial charge in [-0.2, -0.15) is 0 Å². The highest BCUT2D eigenvalue weighted by molar-refractivity contribution is 7.92. The maximum absolute atomic E-state index is 12.3. The van der Waals surface area contributed by atoms with E-state index in [0.29, 0.717) is 12.1 Å². The minimum absolute atomic E-state index is 0.0679. The van der Waals surface area contributed by atoms with E-state index < -0.39 is 16.0 Å². The van der Waals surface area contributed by atoms with Crippen LogP contribution in [0.4, 0.5) is 5.69 Å². The van der Waals surface area contributed by atoms with Gasteiger partial charge in [-0.25, -0.2) is 13.2 Å². The van der Waals surface area contributed by atoms with E-state index in [4.69, 9.17) is 5.11 Å². The van der Waals surface area contributed by atoms with Gasteiger partial charge in [0, 0.05) is 0 Å². The number of rotatable bonds is 5. The highest BCUT2D eigenvalue weighted by atomic mass is 32.2. The molecular formula is C15H15NO4S. The van der Waals surface area contributed by atoms with E-state index in [1.165, 1.54) is 18.2 Å². The van der Waals surface area contributed by atoms with Crippen molar-refractivity contribution >= 4 is 21.7 Å². The van der Waals surface area contributed by atoms with Crippen molar-refractivity contribution in [2.45, 2.75) is 18.2 Å². The number of aryl methyl sites for hydroxylation is 1. The number of para-hydroxylation sites is 1. The van der Waals surface area contributed by atoms with E-state index in [-0.39, 0.29) is 10.5 Å². The number of carboxylic acid groups (broad SMARTS) is 1. The fourth-order valence-corrected chi connectivity index (χ4v) is 3.07. The Labute approximate surface area is 123 Å². The first-order valence-electron chi connectivity index (χ1n) is 6.38. The van der Waals surface area contributed by atoms with Crippen molar-refractivity contribution in [3.8, 4) is 0 Å². The first-order chi connectivity index (χ1) is 9.94. The second kappa shape index (κ2) is 5.97. The third kappa shape index (κ3) is 3.41. The van der Waals surface area contributed by atoms with Gasteiger partial charge in [0.2, 0.25) is 0 Å². The maximum atomic E-state index is 12.3. The molecule has 5 nitrogen and oxygen atoms in total. The van der Waals surface area contributed by atoms with Gasteiger partial charge in [0.05, 0.1) is 16.1 Å². The molecule has 0 unspecified atom stereocenters. The number of sulfonamides is 1. The van der Waals surface area contributed by atoms with E-state index in [1.807, 2.05) is 19.1 Å². The van der Waals surface area contributed by atoms with Gasteiger partial charge in [0.1, 0.15) is 0 Å². The number of hydrogen-bond donors (Lipinski definition) is 2. The van der Waals surface area contributed by atoms with E-state index in [9.17, 15) is 13.2 Å². The van der Waals surface area contributed by atoms with Gasteiger partial charge in [-0.15, -0.1) is 0 Å². The Balaban J connectivity index is 2.39. The van der Waals surface area contributed by atoms with Crippen LogP contribution >= 0.6 is 0 Å². The molecule has 110 valence electrons. The molecule has 0 saturated carbocycles. The molecule has 0 aliphatic rings. The zero-order valence-electron chi connectivity index (χ0n) is 11.4. The zero-order chi connectivity index (χ0) is 15.5. The van der Waals surface area contributed by atoms with Gasteiger partial charge in [-0.05, 0) is 36.2 Å². The number of nitrogens with one attached hydrogen (secondary N) is 1. The number of carbonyl (C=O) groups is 1. The summed E-state index contributed by atoms with van der Waals surface area (Å²) in [6.07, 6.45) is 0.688. The summed E-state index contributed by atoms with van der Waals surface area (Å²) < 4.78 is 27.2. The predicted molar refractivity (Wildman–Crippen MR) is 80.0 cm³/mol. The molecule has 0 spiro atoms. The highest BCUT2D eigenvalue weighted by Crippen LogP contribution is 2.21. The number of aromatic carboxylic acids is 1. The average Bonchev–Trinajstić information content (AvgIpc) is 2.47. The second-order valence-electron chi connectivity index (χ2n) is 4.45. The smallest absolute Gasteiger partial charge is 0.335 e. The number of hydrogen-bond acceptors (Lipinski definition) is 3. The fourth-order valence-electron chi connectivity index (χ4n) is 1.93. The van der Waals surface area contributed by atoms with Crippen LogP contribution in [0.25, 0.3) is 0 Å². The van der Waals surface area contributed by atoms with Gasteiger partial charge < -0.3 is 5.11 Å². The lowest BCUT2D eigenvalue weighted by Crippen LogP contribution is -2.14. The molecule has 0 saturated heterocycles. The summed E-state index contributed by atoms with van der Waals surface area (Å²) in [6.45, 7) is 1.93. The molecule has 0 fully saturated rings. The molecule has 0 radical (unpaired) electrons. The molecule has 2 rings (SSSR count). The second-order valence-corrected chi connectivity index (χ2v) is 6.13. The molecule has 0 aliphatic carbocycles. The summed E-state index contributed by atoms with van der Waals surface area (Å²) in [5.41, 5.74) is 1.30. The largest absolute Gasteiger partial charge is 0.478 e. The summed E-state index contributed by atoms with van der Waals surface area (Å²) in [5, 5.41) is 8.93. The summed E-state index contributed by atoms with van der Waals surface area (Å²) >= 11 is 0. The van der Waals surface area contributed by atoms with Crippen LogP contribution in [0.1, 0.15) is 22.8 Å². The van der Waals surface area contributed by atoms with Gasteiger partial charge in [0.25, 0.3) is 10.0 Å². The van der Waals surface area contributed by atoms with Crippen molar-refractivity contribution in [2.24, 2.45) is 0 Å². The summed E-state index contributed by atoms with van der Waals surface area (Å²) in [6, 6.07) is 12.4. The Morgan fingerprint density at radius 1 is 1.14 bits per heavy atom. The van der Waals surface area contributed by atoms with Gasteiger partial charge in [0.15, 0.2) is 0 Å². The molecular weight excluding hydrogens is 290 g/mol. The average molecular weight is 305 g/mol. The van der Waals surface area contributed by atoms with Crippen LogP contribution < -0.4 is 4.72 Å². The third-order valence-electron chi connectivity index (χ3n) is 3.03. The summed E-state index contributed by atoms with van der Waals surface area (Å²) in [5.74, 6) is -1.17. The van der Waals surface area contributed by atoms with Crippen LogP contribution in [0.15, 0.2) is 53.4 Å². The lowest BCUT2D eigenvalue weighted by atomic mass is 10.1. The highest BCUT2D eigenvalue weighted by Gasteiger charge is 2.17. The molecule has 6 heteroatoms. The predicted octanol–water partition coefficient (Wildman–Crippen LogP) is 2.75. The van der Waals surface area contributed by atoms with Gasteiger partial charge >= 0.3 is 5.97 Å². The summed E-state index contributed by atoms with van der Waals surface area (Å²) in [7, 11) is -3.82. The molecule has 21 heavy (non-hydrogen) atoms. The SMILES string of the molecule is CCc1ccccc1NS(=O)(=O)c1cccc(C(=O)O)c1. The van der Waals surface area contributed by atoms with Crippen LogP contribution in [0.2, 0.25) is 0 Å². The quantitative estimate of drug-likeness (QED) is 0.889. The Hall–Kier alpha value is -2.34. The minimum Gasteiger partial charge on any atom is -0.478 e. The molecule has 0 atom stereocenters. The summed E-state index contributed by atoms with van der Waals surface area (Å²) in [4.78, 5) is 10.8. The molecule has 2 N–H and O–H groups in total. The van der Waals surface area contributed by atoms with Crippen LogP contribution in [0, 0.1) is 0 Å². The van der Waals surface area contributed by atoms with E-state index >= 15 is 0 Å². The molecule has 0 aromatic heterocycles. The molecule has 0 aliphatic heterocycles. The first-order valence-corrected chi connectivity index (χ1v) is 7.86. The van der Waals surface area contributed by atoms with E-state index in [2.05, 4.69) is 4.72 Å². The lowest BCUT2D eigenvalue weighted by Gasteiger charge is -2.11. The van der Waals surface area contributed by atoms with Crippen molar-refractivity contribution in [1.29, 1.82) is 0 Å².